The fourth-order valence-corrected chi connectivity index (χ4v) is 3.10. The molecule has 1 aromatic heterocycles. The molecular weight excluding hydrogens is 360 g/mol. The molecule has 0 unspecified atom stereocenters. The van der Waals surface area contributed by atoms with Gasteiger partial charge in [0.05, 0.1) is 5.56 Å². The van der Waals surface area contributed by atoms with Gasteiger partial charge in [-0.1, -0.05) is 60.7 Å². The third kappa shape index (κ3) is 6.14. The molecule has 2 aromatic carbocycles. The van der Waals surface area contributed by atoms with Crippen molar-refractivity contribution in [3.8, 4) is 0 Å². The molecule has 5 heteroatoms. The minimum atomic E-state index is -0.0560. The molecule has 0 radical (unpaired) electrons. The minimum absolute atomic E-state index is 0.0560. The smallest absolute Gasteiger partial charge is 0.257 e. The maximum absolute atomic E-state index is 12.9. The van der Waals surface area contributed by atoms with Crippen LogP contribution in [0.3, 0.4) is 0 Å². The van der Waals surface area contributed by atoms with Crippen LogP contribution in [-0.4, -0.2) is 33.4 Å². The number of aryl methyl sites for hydroxylation is 1. The summed E-state index contributed by atoms with van der Waals surface area (Å²) in [5.41, 5.74) is 2.93. The maximum atomic E-state index is 12.9. The van der Waals surface area contributed by atoms with Crippen LogP contribution < -0.4 is 5.32 Å². The molecule has 0 bridgehead atoms. The second kappa shape index (κ2) is 10.4. The zero-order valence-corrected chi connectivity index (χ0v) is 17.1. The normalized spacial score (nSPS) is 10.7. The van der Waals surface area contributed by atoms with Gasteiger partial charge in [0.25, 0.3) is 5.91 Å². The number of benzene rings is 2. The standard InChI is InChI=1S/C24H28N4O/c1-19(2)28(18-21-12-7-4-8-13-21)23(29)22-16-26-24(27-17-22)25-15-9-14-20-10-5-3-6-11-20/h3-8,10-13,16-17,19H,9,14-15,18H2,1-2H3,(H,25,26,27). The quantitative estimate of drug-likeness (QED) is 0.546. The van der Waals surface area contributed by atoms with Gasteiger partial charge in [-0.2, -0.15) is 0 Å². The predicted octanol–water partition coefficient (Wildman–Crippen LogP) is 4.57. The van der Waals surface area contributed by atoms with Gasteiger partial charge in [-0.25, -0.2) is 9.97 Å². The van der Waals surface area contributed by atoms with Crippen molar-refractivity contribution >= 4 is 11.9 Å². The van der Waals surface area contributed by atoms with Crippen molar-refractivity contribution < 1.29 is 4.79 Å². The summed E-state index contributed by atoms with van der Waals surface area (Å²) in [7, 11) is 0. The number of amides is 1. The molecule has 0 aliphatic heterocycles. The van der Waals surface area contributed by atoms with Crippen molar-refractivity contribution in [2.24, 2.45) is 0 Å². The molecule has 0 aliphatic rings. The Morgan fingerprint density at radius 2 is 1.52 bits per heavy atom. The van der Waals surface area contributed by atoms with Crippen molar-refractivity contribution in [2.75, 3.05) is 11.9 Å². The summed E-state index contributed by atoms with van der Waals surface area (Å²) in [5.74, 6) is 0.494. The average molecular weight is 389 g/mol. The largest absolute Gasteiger partial charge is 0.354 e. The van der Waals surface area contributed by atoms with E-state index in [0.717, 1.165) is 24.9 Å². The Hall–Kier alpha value is -3.21. The number of aromatic nitrogens is 2. The molecule has 5 nitrogen and oxygen atoms in total. The third-order valence-corrected chi connectivity index (χ3v) is 4.75. The number of anilines is 1. The molecule has 150 valence electrons. The molecule has 3 aromatic rings. The summed E-state index contributed by atoms with van der Waals surface area (Å²) in [4.78, 5) is 23.4. The Morgan fingerprint density at radius 3 is 2.10 bits per heavy atom. The van der Waals surface area contributed by atoms with Crippen LogP contribution >= 0.6 is 0 Å². The zero-order valence-electron chi connectivity index (χ0n) is 17.1. The number of nitrogens with zero attached hydrogens (tertiary/aromatic N) is 3. The van der Waals surface area contributed by atoms with Gasteiger partial charge >= 0.3 is 0 Å². The van der Waals surface area contributed by atoms with Gasteiger partial charge in [-0.3, -0.25) is 4.79 Å². The highest BCUT2D eigenvalue weighted by Crippen LogP contribution is 2.13. The molecule has 1 N–H and O–H groups in total. The van der Waals surface area contributed by atoms with E-state index in [-0.39, 0.29) is 11.9 Å². The molecule has 0 atom stereocenters. The molecule has 0 saturated carbocycles. The van der Waals surface area contributed by atoms with Crippen molar-refractivity contribution in [1.29, 1.82) is 0 Å². The summed E-state index contributed by atoms with van der Waals surface area (Å²) in [6.45, 7) is 5.39. The van der Waals surface area contributed by atoms with Gasteiger partial charge in [0.15, 0.2) is 0 Å². The lowest BCUT2D eigenvalue weighted by molar-refractivity contribution is 0.0689. The topological polar surface area (TPSA) is 58.1 Å². The third-order valence-electron chi connectivity index (χ3n) is 4.75. The fourth-order valence-electron chi connectivity index (χ4n) is 3.10. The van der Waals surface area contributed by atoms with E-state index in [1.54, 1.807) is 12.4 Å². The summed E-state index contributed by atoms with van der Waals surface area (Å²) in [6, 6.07) is 20.5. The van der Waals surface area contributed by atoms with Crippen molar-refractivity contribution in [3.63, 3.8) is 0 Å². The van der Waals surface area contributed by atoms with Gasteiger partial charge in [-0.05, 0) is 37.8 Å². The van der Waals surface area contributed by atoms with E-state index in [1.807, 2.05) is 55.1 Å². The average Bonchev–Trinajstić information content (AvgIpc) is 2.76. The van der Waals surface area contributed by atoms with Gasteiger partial charge in [0.2, 0.25) is 5.95 Å². The predicted molar refractivity (Wildman–Crippen MR) is 117 cm³/mol. The Labute approximate surface area is 172 Å². The van der Waals surface area contributed by atoms with E-state index in [1.165, 1.54) is 5.56 Å². The molecule has 29 heavy (non-hydrogen) atoms. The van der Waals surface area contributed by atoms with Crippen molar-refractivity contribution in [3.05, 3.63) is 89.7 Å². The van der Waals surface area contributed by atoms with E-state index >= 15 is 0 Å². The lowest BCUT2D eigenvalue weighted by Gasteiger charge is -2.26. The van der Waals surface area contributed by atoms with Gasteiger partial charge in [-0.15, -0.1) is 0 Å². The lowest BCUT2D eigenvalue weighted by Crippen LogP contribution is -2.36. The van der Waals surface area contributed by atoms with Crippen LogP contribution in [0.25, 0.3) is 0 Å². The number of carbonyl (C=O) groups is 1. The first-order valence-electron chi connectivity index (χ1n) is 10.1. The highest BCUT2D eigenvalue weighted by atomic mass is 16.2. The monoisotopic (exact) mass is 388 g/mol. The van der Waals surface area contributed by atoms with Crippen LogP contribution in [-0.2, 0) is 13.0 Å². The van der Waals surface area contributed by atoms with Crippen LogP contribution in [0.1, 0.15) is 41.8 Å². The molecule has 0 aliphatic carbocycles. The first-order chi connectivity index (χ1) is 14.1. The molecule has 0 spiro atoms. The van der Waals surface area contributed by atoms with Crippen molar-refractivity contribution in [2.45, 2.75) is 39.3 Å². The zero-order chi connectivity index (χ0) is 20.5. The first-order valence-corrected chi connectivity index (χ1v) is 10.1. The van der Waals surface area contributed by atoms with Gasteiger partial charge in [0, 0.05) is 31.5 Å². The molecule has 1 amide bonds. The fraction of sp³-hybridized carbons (Fsp3) is 0.292. The molecule has 3 rings (SSSR count). The summed E-state index contributed by atoms with van der Waals surface area (Å²) >= 11 is 0. The van der Waals surface area contributed by atoms with E-state index in [4.69, 9.17) is 0 Å². The Balaban J connectivity index is 1.54. The molecular formula is C24H28N4O. The Kier molecular flexibility index (Phi) is 7.34. The molecule has 1 heterocycles. The van der Waals surface area contributed by atoms with Crippen molar-refractivity contribution in [1.82, 2.24) is 14.9 Å². The van der Waals surface area contributed by atoms with E-state index in [9.17, 15) is 4.79 Å². The van der Waals surface area contributed by atoms with Crippen LogP contribution in [0.15, 0.2) is 73.1 Å². The van der Waals surface area contributed by atoms with Crippen LogP contribution in [0.4, 0.5) is 5.95 Å². The summed E-state index contributed by atoms with van der Waals surface area (Å²) < 4.78 is 0. The van der Waals surface area contributed by atoms with E-state index < -0.39 is 0 Å². The molecule has 0 saturated heterocycles. The minimum Gasteiger partial charge on any atom is -0.354 e. The Morgan fingerprint density at radius 1 is 0.931 bits per heavy atom. The number of nitrogens with one attached hydrogen (secondary N) is 1. The van der Waals surface area contributed by atoms with Gasteiger partial charge < -0.3 is 10.2 Å². The number of carbonyl (C=O) groups excluding carboxylic acids is 1. The van der Waals surface area contributed by atoms with Gasteiger partial charge in [0.1, 0.15) is 0 Å². The van der Waals surface area contributed by atoms with E-state index in [0.29, 0.717) is 18.1 Å². The molecule has 0 fully saturated rings. The van der Waals surface area contributed by atoms with Crippen LogP contribution in [0.2, 0.25) is 0 Å². The number of hydrogen-bond acceptors (Lipinski definition) is 4. The van der Waals surface area contributed by atoms with Crippen LogP contribution in [0, 0.1) is 0 Å². The first kappa shape index (κ1) is 20.5. The van der Waals surface area contributed by atoms with E-state index in [2.05, 4.69) is 39.6 Å². The summed E-state index contributed by atoms with van der Waals surface area (Å²) in [5, 5.41) is 3.23. The maximum Gasteiger partial charge on any atom is 0.257 e. The second-order valence-electron chi connectivity index (χ2n) is 7.32. The SMILES string of the molecule is CC(C)N(Cc1ccccc1)C(=O)c1cnc(NCCCc2ccccc2)nc1. The summed E-state index contributed by atoms with van der Waals surface area (Å²) in [6.07, 6.45) is 5.21. The Bertz CT molecular complexity index is 880. The lowest BCUT2D eigenvalue weighted by atomic mass is 10.1. The highest BCUT2D eigenvalue weighted by Gasteiger charge is 2.19. The van der Waals surface area contributed by atoms with Crippen LogP contribution in [0.5, 0.6) is 0 Å². The highest BCUT2D eigenvalue weighted by molar-refractivity contribution is 5.93. The number of rotatable bonds is 9. The number of hydrogen-bond donors (Lipinski definition) is 1. The second-order valence-corrected chi connectivity index (χ2v) is 7.32.